The molecule has 2 amide bonds. The van der Waals surface area contributed by atoms with Gasteiger partial charge in [-0.15, -0.1) is 11.3 Å². The standard InChI is InChI=1S/C20H30F2N4O3S/c1-19(2,3)29-18(28)24-17-23-14(13-30-17)12-16(27)26-8-4-15(5-9-26)25-10-6-20(21,22)7-11-25/h13,15H,4-12H2,1-3H3,(H,23,24,28). The zero-order valence-corrected chi connectivity index (χ0v) is 18.6. The van der Waals surface area contributed by atoms with Gasteiger partial charge in [0, 0.05) is 50.4 Å². The van der Waals surface area contributed by atoms with E-state index in [1.807, 2.05) is 4.90 Å². The molecule has 0 aromatic carbocycles. The second kappa shape index (κ2) is 9.13. The van der Waals surface area contributed by atoms with Crippen LogP contribution < -0.4 is 5.32 Å². The molecule has 2 aliphatic heterocycles. The highest BCUT2D eigenvalue weighted by atomic mass is 32.1. The van der Waals surface area contributed by atoms with E-state index in [0.29, 0.717) is 37.0 Å². The zero-order valence-electron chi connectivity index (χ0n) is 17.7. The van der Waals surface area contributed by atoms with E-state index in [0.717, 1.165) is 12.8 Å². The van der Waals surface area contributed by atoms with Crippen LogP contribution in [-0.4, -0.2) is 70.5 Å². The van der Waals surface area contributed by atoms with Crippen molar-refractivity contribution >= 4 is 28.5 Å². The quantitative estimate of drug-likeness (QED) is 0.766. The van der Waals surface area contributed by atoms with Gasteiger partial charge in [-0.1, -0.05) is 0 Å². The number of alkyl halides is 2. The van der Waals surface area contributed by atoms with Crippen molar-refractivity contribution in [1.82, 2.24) is 14.8 Å². The van der Waals surface area contributed by atoms with Crippen LogP contribution in [0, 0.1) is 0 Å². The molecule has 168 valence electrons. The van der Waals surface area contributed by atoms with Gasteiger partial charge >= 0.3 is 6.09 Å². The Labute approximate surface area is 179 Å². The van der Waals surface area contributed by atoms with E-state index >= 15 is 0 Å². The van der Waals surface area contributed by atoms with E-state index < -0.39 is 17.6 Å². The largest absolute Gasteiger partial charge is 0.444 e. The molecule has 2 fully saturated rings. The monoisotopic (exact) mass is 444 g/mol. The molecular weight excluding hydrogens is 414 g/mol. The summed E-state index contributed by atoms with van der Waals surface area (Å²) >= 11 is 1.25. The van der Waals surface area contributed by atoms with Gasteiger partial charge in [0.15, 0.2) is 5.13 Å². The summed E-state index contributed by atoms with van der Waals surface area (Å²) in [5.74, 6) is -2.54. The predicted octanol–water partition coefficient (Wildman–Crippen LogP) is 3.75. The number of thiazole rings is 1. The van der Waals surface area contributed by atoms with E-state index in [1.165, 1.54) is 11.3 Å². The number of nitrogens with one attached hydrogen (secondary N) is 1. The number of rotatable bonds is 4. The minimum atomic E-state index is -2.53. The van der Waals surface area contributed by atoms with E-state index in [1.54, 1.807) is 26.2 Å². The van der Waals surface area contributed by atoms with Crippen molar-refractivity contribution in [2.45, 2.75) is 70.4 Å². The van der Waals surface area contributed by atoms with Gasteiger partial charge in [-0.05, 0) is 33.6 Å². The number of likely N-dealkylation sites (tertiary alicyclic amines) is 2. The molecule has 1 aromatic heterocycles. The maximum atomic E-state index is 13.3. The summed E-state index contributed by atoms with van der Waals surface area (Å²) < 4.78 is 31.9. The molecule has 1 N–H and O–H groups in total. The third-order valence-corrected chi connectivity index (χ3v) is 6.16. The van der Waals surface area contributed by atoms with E-state index in [2.05, 4.69) is 15.2 Å². The maximum Gasteiger partial charge on any atom is 0.413 e. The lowest BCUT2D eigenvalue weighted by Crippen LogP contribution is -2.50. The van der Waals surface area contributed by atoms with Crippen molar-refractivity contribution in [1.29, 1.82) is 0 Å². The highest BCUT2D eigenvalue weighted by Gasteiger charge is 2.37. The predicted molar refractivity (Wildman–Crippen MR) is 111 cm³/mol. The minimum Gasteiger partial charge on any atom is -0.444 e. The number of ether oxygens (including phenoxy) is 1. The average molecular weight is 445 g/mol. The second-order valence-electron chi connectivity index (χ2n) is 8.95. The van der Waals surface area contributed by atoms with Gasteiger partial charge in [0.2, 0.25) is 5.91 Å². The van der Waals surface area contributed by atoms with Gasteiger partial charge in [-0.2, -0.15) is 0 Å². The Hall–Kier alpha value is -1.81. The van der Waals surface area contributed by atoms with Gasteiger partial charge in [0.1, 0.15) is 5.60 Å². The van der Waals surface area contributed by atoms with Gasteiger partial charge in [0.05, 0.1) is 12.1 Å². The molecule has 0 unspecified atom stereocenters. The zero-order chi connectivity index (χ0) is 21.9. The molecule has 0 bridgehead atoms. The average Bonchev–Trinajstić information content (AvgIpc) is 3.07. The van der Waals surface area contributed by atoms with Crippen LogP contribution in [0.5, 0.6) is 0 Å². The topological polar surface area (TPSA) is 74.8 Å². The molecule has 30 heavy (non-hydrogen) atoms. The molecule has 0 radical (unpaired) electrons. The first-order valence-corrected chi connectivity index (χ1v) is 11.2. The van der Waals surface area contributed by atoms with Crippen LogP contribution in [0.2, 0.25) is 0 Å². The van der Waals surface area contributed by atoms with Crippen LogP contribution in [0.3, 0.4) is 0 Å². The summed E-state index contributed by atoms with van der Waals surface area (Å²) in [5, 5.41) is 4.73. The van der Waals surface area contributed by atoms with Gasteiger partial charge in [-0.3, -0.25) is 15.0 Å². The number of carbonyl (C=O) groups excluding carboxylic acids is 2. The number of carbonyl (C=O) groups is 2. The number of piperidine rings is 2. The van der Waals surface area contributed by atoms with Crippen LogP contribution in [0.4, 0.5) is 18.7 Å². The fraction of sp³-hybridized carbons (Fsp3) is 0.750. The lowest BCUT2D eigenvalue weighted by molar-refractivity contribution is -0.132. The van der Waals surface area contributed by atoms with Crippen molar-refractivity contribution in [3.63, 3.8) is 0 Å². The van der Waals surface area contributed by atoms with Crippen LogP contribution in [0.1, 0.15) is 52.1 Å². The summed E-state index contributed by atoms with van der Waals surface area (Å²) in [7, 11) is 0. The number of hydrogen-bond donors (Lipinski definition) is 1. The summed E-state index contributed by atoms with van der Waals surface area (Å²) in [4.78, 5) is 32.7. The van der Waals surface area contributed by atoms with E-state index in [4.69, 9.17) is 4.74 Å². The summed E-state index contributed by atoms with van der Waals surface area (Å²) in [6, 6.07) is 0.272. The Morgan fingerprint density at radius 2 is 1.87 bits per heavy atom. The minimum absolute atomic E-state index is 0.00672. The van der Waals surface area contributed by atoms with Crippen LogP contribution in [0.15, 0.2) is 5.38 Å². The third-order valence-electron chi connectivity index (χ3n) is 5.36. The molecule has 10 heteroatoms. The molecule has 2 saturated heterocycles. The molecular formula is C20H30F2N4O3S. The molecule has 3 rings (SSSR count). The lowest BCUT2D eigenvalue weighted by atomic mass is 9.98. The van der Waals surface area contributed by atoms with E-state index in [-0.39, 0.29) is 31.2 Å². The molecule has 3 heterocycles. The number of amides is 2. The molecule has 7 nitrogen and oxygen atoms in total. The number of nitrogens with zero attached hydrogens (tertiary/aromatic N) is 3. The van der Waals surface area contributed by atoms with Crippen molar-refractivity contribution in [3.05, 3.63) is 11.1 Å². The van der Waals surface area contributed by atoms with E-state index in [9.17, 15) is 18.4 Å². The van der Waals surface area contributed by atoms with Crippen LogP contribution in [-0.2, 0) is 16.0 Å². The first kappa shape index (κ1) is 22.9. The van der Waals surface area contributed by atoms with Gasteiger partial charge < -0.3 is 9.64 Å². The molecule has 0 spiro atoms. The Kier molecular flexibility index (Phi) is 6.96. The highest BCUT2D eigenvalue weighted by Crippen LogP contribution is 2.30. The number of anilines is 1. The summed E-state index contributed by atoms with van der Waals surface area (Å²) in [5.41, 5.74) is 0.0119. The van der Waals surface area contributed by atoms with Crippen molar-refractivity contribution < 1.29 is 23.1 Å². The lowest BCUT2D eigenvalue weighted by Gasteiger charge is -2.41. The van der Waals surface area contributed by atoms with Gasteiger partial charge in [0.25, 0.3) is 5.92 Å². The first-order valence-electron chi connectivity index (χ1n) is 10.3. The second-order valence-corrected chi connectivity index (χ2v) is 9.81. The molecule has 0 saturated carbocycles. The summed E-state index contributed by atoms with van der Waals surface area (Å²) in [6.45, 7) is 7.45. The molecule has 0 atom stereocenters. The maximum absolute atomic E-state index is 13.3. The van der Waals surface area contributed by atoms with Crippen LogP contribution >= 0.6 is 11.3 Å². The first-order chi connectivity index (χ1) is 14.0. The fourth-order valence-electron chi connectivity index (χ4n) is 3.80. The van der Waals surface area contributed by atoms with Crippen LogP contribution in [0.25, 0.3) is 0 Å². The Balaban J connectivity index is 1.43. The van der Waals surface area contributed by atoms with Crippen molar-refractivity contribution in [3.8, 4) is 0 Å². The number of halogens is 2. The molecule has 1 aromatic rings. The normalized spacial score (nSPS) is 20.8. The summed E-state index contributed by atoms with van der Waals surface area (Å²) in [6.07, 6.45) is 1.06. The smallest absolute Gasteiger partial charge is 0.413 e. The highest BCUT2D eigenvalue weighted by molar-refractivity contribution is 7.13. The Bertz CT molecular complexity index is 747. The number of aromatic nitrogens is 1. The fourth-order valence-corrected chi connectivity index (χ4v) is 4.50. The van der Waals surface area contributed by atoms with Gasteiger partial charge in [-0.25, -0.2) is 18.6 Å². The SMILES string of the molecule is CC(C)(C)OC(=O)Nc1nc(CC(=O)N2CCC(N3CCC(F)(F)CC3)CC2)cs1. The Morgan fingerprint density at radius 1 is 1.23 bits per heavy atom. The molecule has 2 aliphatic rings. The van der Waals surface area contributed by atoms with Crippen molar-refractivity contribution in [2.75, 3.05) is 31.5 Å². The number of hydrogen-bond acceptors (Lipinski definition) is 6. The molecule has 0 aliphatic carbocycles. The third kappa shape index (κ3) is 6.60. The Morgan fingerprint density at radius 3 is 2.47 bits per heavy atom. The van der Waals surface area contributed by atoms with Crippen molar-refractivity contribution in [2.24, 2.45) is 0 Å².